The van der Waals surface area contributed by atoms with Crippen LogP contribution in [0.3, 0.4) is 0 Å². The first-order chi connectivity index (χ1) is 8.54. The minimum Gasteiger partial charge on any atom is -0.297 e. The summed E-state index contributed by atoms with van der Waals surface area (Å²) in [6.07, 6.45) is 2.66. The molecule has 1 aromatic heterocycles. The van der Waals surface area contributed by atoms with E-state index in [1.807, 2.05) is 19.2 Å². The number of pyridine rings is 1. The first-order valence-electron chi connectivity index (χ1n) is 6.40. The van der Waals surface area contributed by atoms with Crippen molar-refractivity contribution in [1.29, 1.82) is 0 Å². The molecular formula is C13H18N2O2S. The average molecular weight is 266 g/mol. The lowest BCUT2D eigenvalue weighted by Crippen LogP contribution is -2.26. The molecule has 0 aliphatic carbocycles. The first-order valence-corrected chi connectivity index (χ1v) is 8.11. The fourth-order valence-corrected chi connectivity index (χ4v) is 5.35. The molecule has 2 fully saturated rings. The molecule has 0 unspecified atom stereocenters. The highest BCUT2D eigenvalue weighted by molar-refractivity contribution is 7.92. The molecule has 0 radical (unpaired) electrons. The molecule has 2 aliphatic rings. The lowest BCUT2D eigenvalue weighted by Gasteiger charge is -2.16. The third-order valence-electron chi connectivity index (χ3n) is 4.06. The monoisotopic (exact) mass is 266 g/mol. The van der Waals surface area contributed by atoms with Crippen LogP contribution in [0.25, 0.3) is 0 Å². The van der Waals surface area contributed by atoms with Gasteiger partial charge < -0.3 is 0 Å². The van der Waals surface area contributed by atoms with Crippen LogP contribution in [0.4, 0.5) is 0 Å². The smallest absolute Gasteiger partial charge is 0.154 e. The van der Waals surface area contributed by atoms with Crippen LogP contribution in [-0.4, -0.2) is 42.4 Å². The number of fused-ring (bicyclic) bond motifs is 1. The minimum absolute atomic E-state index is 0.111. The Bertz CT molecular complexity index is 556. The lowest BCUT2D eigenvalue weighted by molar-refractivity contribution is 0.314. The number of nitrogens with zero attached hydrogens (tertiary/aromatic N) is 2. The Hall–Kier alpha value is -0.940. The van der Waals surface area contributed by atoms with Gasteiger partial charge in [-0.25, -0.2) is 8.42 Å². The van der Waals surface area contributed by atoms with E-state index in [-0.39, 0.29) is 5.25 Å². The maximum atomic E-state index is 11.9. The first kappa shape index (κ1) is 12.1. The van der Waals surface area contributed by atoms with Crippen molar-refractivity contribution in [1.82, 2.24) is 9.88 Å². The van der Waals surface area contributed by atoms with E-state index in [0.29, 0.717) is 18.2 Å². The summed E-state index contributed by atoms with van der Waals surface area (Å²) in [5.41, 5.74) is 2.24. The topological polar surface area (TPSA) is 50.3 Å². The van der Waals surface area contributed by atoms with E-state index in [9.17, 15) is 8.42 Å². The molecule has 5 heteroatoms. The Morgan fingerprint density at radius 2 is 2.28 bits per heavy atom. The van der Waals surface area contributed by atoms with Crippen LogP contribution in [0.15, 0.2) is 18.3 Å². The minimum atomic E-state index is -2.81. The summed E-state index contributed by atoms with van der Waals surface area (Å²) < 4.78 is 23.7. The summed E-state index contributed by atoms with van der Waals surface area (Å²) >= 11 is 0. The quantitative estimate of drug-likeness (QED) is 0.801. The maximum Gasteiger partial charge on any atom is 0.154 e. The van der Waals surface area contributed by atoms with Crippen molar-refractivity contribution < 1.29 is 8.42 Å². The number of aromatic nitrogens is 1. The van der Waals surface area contributed by atoms with E-state index in [4.69, 9.17) is 0 Å². The van der Waals surface area contributed by atoms with Crippen LogP contribution >= 0.6 is 0 Å². The normalized spacial score (nSPS) is 30.5. The molecule has 0 saturated carbocycles. The predicted octanol–water partition coefficient (Wildman–Crippen LogP) is 1.01. The Kier molecular flexibility index (Phi) is 2.90. The van der Waals surface area contributed by atoms with Gasteiger partial charge in [-0.2, -0.15) is 0 Å². The van der Waals surface area contributed by atoms with Gasteiger partial charge in [0.25, 0.3) is 0 Å². The average Bonchev–Trinajstić information content (AvgIpc) is 2.81. The zero-order valence-electron chi connectivity index (χ0n) is 10.5. The summed E-state index contributed by atoms with van der Waals surface area (Å²) in [6, 6.07) is 4.08. The number of hydrogen-bond acceptors (Lipinski definition) is 4. The zero-order valence-corrected chi connectivity index (χ0v) is 11.4. The van der Waals surface area contributed by atoms with Crippen LogP contribution in [-0.2, 0) is 16.4 Å². The summed E-state index contributed by atoms with van der Waals surface area (Å²) in [7, 11) is -2.81. The van der Waals surface area contributed by atoms with Crippen LogP contribution in [0.5, 0.6) is 0 Å². The highest BCUT2D eigenvalue weighted by Gasteiger charge is 2.45. The number of aryl methyl sites for hydroxylation is 1. The summed E-state index contributed by atoms with van der Waals surface area (Å²) in [4.78, 5) is 6.45. The van der Waals surface area contributed by atoms with Gasteiger partial charge in [0.1, 0.15) is 0 Å². The van der Waals surface area contributed by atoms with Gasteiger partial charge in [0.15, 0.2) is 9.84 Å². The van der Waals surface area contributed by atoms with Gasteiger partial charge in [-0.3, -0.25) is 9.88 Å². The Morgan fingerprint density at radius 1 is 1.44 bits per heavy atom. The van der Waals surface area contributed by atoms with Crippen molar-refractivity contribution in [2.75, 3.05) is 18.8 Å². The van der Waals surface area contributed by atoms with Gasteiger partial charge in [0.05, 0.1) is 11.0 Å². The number of sulfone groups is 1. The second kappa shape index (κ2) is 4.31. The summed E-state index contributed by atoms with van der Waals surface area (Å²) in [5, 5.41) is -0.111. The van der Waals surface area contributed by atoms with E-state index in [2.05, 4.69) is 16.0 Å². The second-order valence-corrected chi connectivity index (χ2v) is 7.79. The Morgan fingerprint density at radius 3 is 3.00 bits per heavy atom. The maximum absolute atomic E-state index is 11.9. The largest absolute Gasteiger partial charge is 0.297 e. The van der Waals surface area contributed by atoms with Crippen LogP contribution in [0.2, 0.25) is 0 Å². The standard InChI is InChI=1S/C13H18N2O2S/c1-10-6-11(2-4-14-10)7-15-8-12-3-5-18(16,17)13(12)9-15/h2,4,6,12-13H,3,5,7-9H2,1H3/t12-,13+/m0/s1. The molecular weight excluding hydrogens is 248 g/mol. The molecule has 2 atom stereocenters. The van der Waals surface area contributed by atoms with Crippen molar-refractivity contribution in [2.45, 2.75) is 25.1 Å². The van der Waals surface area contributed by atoms with Crippen LogP contribution in [0, 0.1) is 12.8 Å². The molecule has 1 aromatic rings. The molecule has 0 amide bonds. The molecule has 98 valence electrons. The van der Waals surface area contributed by atoms with E-state index < -0.39 is 9.84 Å². The van der Waals surface area contributed by atoms with Gasteiger partial charge in [-0.15, -0.1) is 0 Å². The number of rotatable bonds is 2. The molecule has 0 N–H and O–H groups in total. The van der Waals surface area contributed by atoms with Crippen LogP contribution in [0.1, 0.15) is 17.7 Å². The predicted molar refractivity (Wildman–Crippen MR) is 69.9 cm³/mol. The fraction of sp³-hybridized carbons (Fsp3) is 0.615. The van der Waals surface area contributed by atoms with Crippen LogP contribution < -0.4 is 0 Å². The number of likely N-dealkylation sites (tertiary alicyclic amines) is 1. The molecule has 3 rings (SSSR count). The highest BCUT2D eigenvalue weighted by atomic mass is 32.2. The molecule has 4 nitrogen and oxygen atoms in total. The summed E-state index contributed by atoms with van der Waals surface area (Å²) in [5.74, 6) is 0.753. The third kappa shape index (κ3) is 2.17. The van der Waals surface area contributed by atoms with Gasteiger partial charge in [0.2, 0.25) is 0 Å². The zero-order chi connectivity index (χ0) is 12.8. The van der Waals surface area contributed by atoms with Gasteiger partial charge >= 0.3 is 0 Å². The lowest BCUT2D eigenvalue weighted by atomic mass is 10.1. The van der Waals surface area contributed by atoms with E-state index in [1.165, 1.54) is 5.56 Å². The van der Waals surface area contributed by atoms with Crippen molar-refractivity contribution in [3.63, 3.8) is 0 Å². The van der Waals surface area contributed by atoms with E-state index in [0.717, 1.165) is 25.2 Å². The molecule has 3 heterocycles. The van der Waals surface area contributed by atoms with Gasteiger partial charge in [-0.1, -0.05) is 0 Å². The van der Waals surface area contributed by atoms with Crippen molar-refractivity contribution >= 4 is 9.84 Å². The van der Waals surface area contributed by atoms with Crippen molar-refractivity contribution in [3.8, 4) is 0 Å². The highest BCUT2D eigenvalue weighted by Crippen LogP contribution is 2.34. The Labute approximate surface area is 108 Å². The van der Waals surface area contributed by atoms with E-state index >= 15 is 0 Å². The van der Waals surface area contributed by atoms with Gasteiger partial charge in [-0.05, 0) is 37.0 Å². The second-order valence-electron chi connectivity index (χ2n) is 5.45. The fourth-order valence-electron chi connectivity index (χ4n) is 3.17. The third-order valence-corrected chi connectivity index (χ3v) is 6.32. The van der Waals surface area contributed by atoms with Crippen molar-refractivity contribution in [2.24, 2.45) is 5.92 Å². The molecule has 0 aromatic carbocycles. The molecule has 0 bridgehead atoms. The number of hydrogen-bond donors (Lipinski definition) is 0. The molecule has 18 heavy (non-hydrogen) atoms. The molecule has 2 aliphatic heterocycles. The summed E-state index contributed by atoms with van der Waals surface area (Å²) in [6.45, 7) is 4.44. The Balaban J connectivity index is 1.71. The molecule has 2 saturated heterocycles. The molecule has 0 spiro atoms. The SMILES string of the molecule is Cc1cc(CN2C[C@@H]3CCS(=O)(=O)[C@@H]3C2)ccn1. The van der Waals surface area contributed by atoms with Gasteiger partial charge in [0, 0.05) is 31.5 Å². The van der Waals surface area contributed by atoms with E-state index in [1.54, 1.807) is 0 Å². The van der Waals surface area contributed by atoms with Crippen molar-refractivity contribution in [3.05, 3.63) is 29.6 Å².